The van der Waals surface area contributed by atoms with E-state index in [-0.39, 0.29) is 10.7 Å². The zero-order valence-electron chi connectivity index (χ0n) is 7.60. The number of carbonyl (C=O) groups excluding carboxylic acids is 1. The van der Waals surface area contributed by atoms with Crippen LogP contribution in [0.2, 0.25) is 5.02 Å². The number of amides is 1. The maximum absolute atomic E-state index is 12.3. The highest BCUT2D eigenvalue weighted by Gasteiger charge is 2.31. The fraction of sp³-hybridized carbons (Fsp3) is 0.111. The molecule has 1 aromatic rings. The van der Waals surface area contributed by atoms with Gasteiger partial charge in [-0.15, -0.1) is 0 Å². The molecule has 0 radical (unpaired) electrons. The van der Waals surface area contributed by atoms with Crippen molar-refractivity contribution in [2.75, 3.05) is 5.32 Å². The number of nitrogens with zero attached hydrogens (tertiary/aromatic N) is 1. The molecule has 1 rings (SSSR count). The summed E-state index contributed by atoms with van der Waals surface area (Å²) >= 11 is 5.56. The van der Waals surface area contributed by atoms with E-state index in [4.69, 9.17) is 16.9 Å². The Hall–Kier alpha value is -1.74. The summed E-state index contributed by atoms with van der Waals surface area (Å²) in [7, 11) is 0. The Morgan fingerprint density at radius 3 is 2.56 bits per heavy atom. The van der Waals surface area contributed by atoms with Crippen LogP contribution in [0.15, 0.2) is 18.2 Å². The normalized spacial score (nSPS) is 10.7. The summed E-state index contributed by atoms with van der Waals surface area (Å²) in [5.74, 6) is -1.08. The number of nitrogens with one attached hydrogen (secondary N) is 1. The summed E-state index contributed by atoms with van der Waals surface area (Å²) in [6, 6.07) is 3.65. The largest absolute Gasteiger partial charge is 0.416 e. The summed E-state index contributed by atoms with van der Waals surface area (Å²) < 4.78 is 36.9. The van der Waals surface area contributed by atoms with Crippen molar-refractivity contribution >= 4 is 23.2 Å². The van der Waals surface area contributed by atoms with Crippen LogP contribution in [0, 0.1) is 11.3 Å². The molecule has 0 unspecified atom stereocenters. The molecule has 0 heterocycles. The van der Waals surface area contributed by atoms with E-state index in [9.17, 15) is 18.0 Å². The van der Waals surface area contributed by atoms with E-state index in [1.165, 1.54) is 6.07 Å². The van der Waals surface area contributed by atoms with Crippen LogP contribution < -0.4 is 5.32 Å². The minimum atomic E-state index is -4.53. The van der Waals surface area contributed by atoms with Crippen LogP contribution in [-0.4, -0.2) is 5.91 Å². The van der Waals surface area contributed by atoms with Crippen LogP contribution >= 0.6 is 11.6 Å². The minimum absolute atomic E-state index is 0.0726. The summed E-state index contributed by atoms with van der Waals surface area (Å²) in [6.45, 7) is 0. The number of rotatable bonds is 1. The van der Waals surface area contributed by atoms with E-state index in [0.29, 0.717) is 6.07 Å². The number of alkyl halides is 3. The van der Waals surface area contributed by atoms with Gasteiger partial charge in [-0.05, 0) is 18.2 Å². The second-order valence-electron chi connectivity index (χ2n) is 2.76. The van der Waals surface area contributed by atoms with Crippen molar-refractivity contribution in [1.29, 1.82) is 5.26 Å². The predicted octanol–water partition coefficient (Wildman–Crippen LogP) is 2.82. The fourth-order valence-corrected chi connectivity index (χ4v) is 1.11. The standard InChI is InChI=1S/C9H4ClF3N2O/c10-6-2-1-5(9(11,12)13)3-7(6)15-8(16)4-14/h1-3H,(H,15,16). The van der Waals surface area contributed by atoms with Gasteiger partial charge in [0.05, 0.1) is 16.3 Å². The highest BCUT2D eigenvalue weighted by molar-refractivity contribution is 6.33. The molecule has 0 atom stereocenters. The quantitative estimate of drug-likeness (QED) is 0.777. The molecule has 0 bridgehead atoms. The van der Waals surface area contributed by atoms with Crippen LogP contribution in [0.5, 0.6) is 0 Å². The maximum Gasteiger partial charge on any atom is 0.416 e. The molecule has 0 saturated heterocycles. The van der Waals surface area contributed by atoms with Gasteiger partial charge in [-0.1, -0.05) is 11.6 Å². The second kappa shape index (κ2) is 4.41. The summed E-state index contributed by atoms with van der Waals surface area (Å²) in [5, 5.41) is 10.1. The first-order chi connectivity index (χ1) is 7.34. The number of anilines is 1. The Morgan fingerprint density at radius 1 is 1.44 bits per heavy atom. The van der Waals surface area contributed by atoms with Gasteiger partial charge in [-0.25, -0.2) is 0 Å². The van der Waals surface area contributed by atoms with Crippen LogP contribution in [0.1, 0.15) is 5.56 Å². The lowest BCUT2D eigenvalue weighted by Gasteiger charge is -2.09. The van der Waals surface area contributed by atoms with E-state index in [2.05, 4.69) is 0 Å². The Labute approximate surface area is 93.4 Å². The molecule has 3 nitrogen and oxygen atoms in total. The van der Waals surface area contributed by atoms with Crippen molar-refractivity contribution < 1.29 is 18.0 Å². The predicted molar refractivity (Wildman–Crippen MR) is 50.7 cm³/mol. The van der Waals surface area contributed by atoms with Gasteiger partial charge in [0, 0.05) is 0 Å². The Balaban J connectivity index is 3.10. The molecular formula is C9H4ClF3N2O. The average molecular weight is 249 g/mol. The van der Waals surface area contributed by atoms with E-state index in [1.54, 1.807) is 0 Å². The first-order valence-corrected chi connectivity index (χ1v) is 4.30. The zero-order valence-corrected chi connectivity index (χ0v) is 8.36. The molecule has 0 saturated carbocycles. The maximum atomic E-state index is 12.3. The van der Waals surface area contributed by atoms with Gasteiger partial charge < -0.3 is 5.32 Å². The van der Waals surface area contributed by atoms with Crippen molar-refractivity contribution in [2.24, 2.45) is 0 Å². The fourth-order valence-electron chi connectivity index (χ4n) is 0.948. The Kier molecular flexibility index (Phi) is 3.40. The molecule has 16 heavy (non-hydrogen) atoms. The van der Waals surface area contributed by atoms with Gasteiger partial charge in [-0.3, -0.25) is 4.79 Å². The van der Waals surface area contributed by atoms with Crippen LogP contribution in [-0.2, 0) is 11.0 Å². The molecule has 84 valence electrons. The lowest BCUT2D eigenvalue weighted by molar-refractivity contribution is -0.137. The lowest BCUT2D eigenvalue weighted by atomic mass is 10.2. The smallest absolute Gasteiger partial charge is 0.312 e. The molecule has 0 aliphatic rings. The number of carbonyl (C=O) groups is 1. The first-order valence-electron chi connectivity index (χ1n) is 3.92. The number of hydrogen-bond donors (Lipinski definition) is 1. The van der Waals surface area contributed by atoms with Crippen LogP contribution in [0.3, 0.4) is 0 Å². The van der Waals surface area contributed by atoms with Gasteiger partial charge in [0.15, 0.2) is 6.07 Å². The van der Waals surface area contributed by atoms with Crippen molar-refractivity contribution in [2.45, 2.75) is 6.18 Å². The Bertz CT molecular complexity index is 465. The van der Waals surface area contributed by atoms with E-state index >= 15 is 0 Å². The van der Waals surface area contributed by atoms with E-state index in [0.717, 1.165) is 12.1 Å². The number of halogens is 4. The van der Waals surface area contributed by atoms with E-state index in [1.807, 2.05) is 5.32 Å². The van der Waals surface area contributed by atoms with Crippen molar-refractivity contribution in [3.8, 4) is 6.07 Å². The molecular weight excluding hydrogens is 245 g/mol. The van der Waals surface area contributed by atoms with Gasteiger partial charge in [-0.2, -0.15) is 18.4 Å². The number of hydrogen-bond acceptors (Lipinski definition) is 2. The average Bonchev–Trinajstić information content (AvgIpc) is 2.19. The third-order valence-corrected chi connectivity index (χ3v) is 1.97. The highest BCUT2D eigenvalue weighted by atomic mass is 35.5. The molecule has 1 amide bonds. The molecule has 0 fully saturated rings. The summed E-state index contributed by atoms with van der Waals surface area (Å²) in [6.07, 6.45) is -4.53. The first kappa shape index (κ1) is 12.3. The molecule has 0 aliphatic heterocycles. The number of nitriles is 1. The molecule has 1 N–H and O–H groups in total. The molecule has 0 aliphatic carbocycles. The van der Waals surface area contributed by atoms with Crippen LogP contribution in [0.25, 0.3) is 0 Å². The van der Waals surface area contributed by atoms with Crippen LogP contribution in [0.4, 0.5) is 18.9 Å². The van der Waals surface area contributed by atoms with Gasteiger partial charge in [0.1, 0.15) is 0 Å². The van der Waals surface area contributed by atoms with Crippen molar-refractivity contribution in [1.82, 2.24) is 0 Å². The monoisotopic (exact) mass is 248 g/mol. The summed E-state index contributed by atoms with van der Waals surface area (Å²) in [4.78, 5) is 10.7. The molecule has 0 spiro atoms. The third kappa shape index (κ3) is 2.87. The Morgan fingerprint density at radius 2 is 2.06 bits per heavy atom. The zero-order chi connectivity index (χ0) is 12.3. The molecule has 0 aromatic heterocycles. The minimum Gasteiger partial charge on any atom is -0.312 e. The molecule has 7 heteroatoms. The summed E-state index contributed by atoms with van der Waals surface area (Å²) in [5.41, 5.74) is -1.20. The lowest BCUT2D eigenvalue weighted by Crippen LogP contribution is -2.11. The van der Waals surface area contributed by atoms with Gasteiger partial charge in [0.2, 0.25) is 0 Å². The second-order valence-corrected chi connectivity index (χ2v) is 3.17. The van der Waals surface area contributed by atoms with Crippen molar-refractivity contribution in [3.63, 3.8) is 0 Å². The molecule has 1 aromatic carbocycles. The topological polar surface area (TPSA) is 52.9 Å². The van der Waals surface area contributed by atoms with E-state index < -0.39 is 17.6 Å². The van der Waals surface area contributed by atoms with Crippen molar-refractivity contribution in [3.05, 3.63) is 28.8 Å². The number of benzene rings is 1. The van der Waals surface area contributed by atoms with Gasteiger partial charge >= 0.3 is 12.1 Å². The van der Waals surface area contributed by atoms with Gasteiger partial charge in [0.25, 0.3) is 0 Å². The third-order valence-electron chi connectivity index (χ3n) is 1.64. The highest BCUT2D eigenvalue weighted by Crippen LogP contribution is 2.33. The SMILES string of the molecule is N#CC(=O)Nc1cc(C(F)(F)F)ccc1Cl.